The number of methoxy groups -OCH3 is 1. The number of ether oxygens (including phenoxy) is 1. The lowest BCUT2D eigenvalue weighted by Crippen LogP contribution is -2.38. The van der Waals surface area contributed by atoms with Crippen LogP contribution in [0.2, 0.25) is 0 Å². The molecule has 2 rings (SSSR count). The molecule has 1 saturated carbocycles. The van der Waals surface area contributed by atoms with E-state index in [1.165, 1.54) is 6.42 Å². The normalized spacial score (nSPS) is 18.7. The van der Waals surface area contributed by atoms with Crippen LogP contribution in [0.3, 0.4) is 0 Å². The van der Waals surface area contributed by atoms with Gasteiger partial charge in [0.15, 0.2) is 0 Å². The molecule has 1 aromatic rings. The summed E-state index contributed by atoms with van der Waals surface area (Å²) in [4.78, 5) is 0. The molecular formula is C15H22FNO. The third kappa shape index (κ3) is 2.12. The van der Waals surface area contributed by atoms with Crippen molar-refractivity contribution in [3.05, 3.63) is 29.1 Å². The van der Waals surface area contributed by atoms with Crippen LogP contribution in [0.5, 0.6) is 5.75 Å². The minimum atomic E-state index is -0.236. The topological polar surface area (TPSA) is 35.2 Å². The number of benzene rings is 1. The maximum atomic E-state index is 14.3. The van der Waals surface area contributed by atoms with Gasteiger partial charge in [-0.25, -0.2) is 4.39 Å². The lowest BCUT2D eigenvalue weighted by Gasteiger charge is -2.38. The monoisotopic (exact) mass is 251 g/mol. The molecule has 1 aliphatic rings. The molecule has 2 N–H and O–H groups in total. The van der Waals surface area contributed by atoms with E-state index >= 15 is 0 Å². The summed E-state index contributed by atoms with van der Waals surface area (Å²) < 4.78 is 19.7. The summed E-state index contributed by atoms with van der Waals surface area (Å²) >= 11 is 0. The maximum Gasteiger partial charge on any atom is 0.130 e. The van der Waals surface area contributed by atoms with E-state index in [0.29, 0.717) is 17.9 Å². The van der Waals surface area contributed by atoms with Crippen LogP contribution in [0.25, 0.3) is 0 Å². The van der Waals surface area contributed by atoms with Gasteiger partial charge >= 0.3 is 0 Å². The molecule has 18 heavy (non-hydrogen) atoms. The van der Waals surface area contributed by atoms with Crippen molar-refractivity contribution in [2.75, 3.05) is 13.7 Å². The average Bonchev–Trinajstić information content (AvgIpc) is 2.41. The Balaban J connectivity index is 2.56. The van der Waals surface area contributed by atoms with E-state index in [0.717, 1.165) is 31.2 Å². The van der Waals surface area contributed by atoms with E-state index in [9.17, 15) is 4.39 Å². The Hall–Kier alpha value is -1.09. The molecule has 0 aromatic heterocycles. The van der Waals surface area contributed by atoms with Gasteiger partial charge in [0.25, 0.3) is 0 Å². The van der Waals surface area contributed by atoms with E-state index in [-0.39, 0.29) is 11.2 Å². The largest absolute Gasteiger partial charge is 0.496 e. The zero-order valence-electron chi connectivity index (χ0n) is 11.3. The first kappa shape index (κ1) is 13.3. The number of rotatable bonds is 3. The molecular weight excluding hydrogens is 229 g/mol. The second-order valence-corrected chi connectivity index (χ2v) is 5.32. The zero-order valence-corrected chi connectivity index (χ0v) is 11.3. The fraction of sp³-hybridized carbons (Fsp3) is 0.600. The molecule has 0 amide bonds. The Morgan fingerprint density at radius 3 is 2.50 bits per heavy atom. The van der Waals surface area contributed by atoms with Gasteiger partial charge in [0.1, 0.15) is 11.6 Å². The molecule has 3 heteroatoms. The smallest absolute Gasteiger partial charge is 0.130 e. The summed E-state index contributed by atoms with van der Waals surface area (Å²) in [5, 5.41) is 0. The van der Waals surface area contributed by atoms with E-state index < -0.39 is 0 Å². The SMILES string of the molecule is COc1c(C)ccc(F)c1C1(CN)CCCCC1. The Bertz CT molecular complexity index is 425. The third-order valence-corrected chi connectivity index (χ3v) is 4.24. The summed E-state index contributed by atoms with van der Waals surface area (Å²) in [5.41, 5.74) is 7.43. The van der Waals surface area contributed by atoms with Gasteiger partial charge in [-0.15, -0.1) is 0 Å². The van der Waals surface area contributed by atoms with Gasteiger partial charge < -0.3 is 10.5 Å². The van der Waals surface area contributed by atoms with Crippen LogP contribution in [0, 0.1) is 12.7 Å². The van der Waals surface area contributed by atoms with E-state index in [1.54, 1.807) is 19.2 Å². The third-order valence-electron chi connectivity index (χ3n) is 4.24. The summed E-state index contributed by atoms with van der Waals surface area (Å²) in [6, 6.07) is 3.31. The lowest BCUT2D eigenvalue weighted by molar-refractivity contribution is 0.277. The highest BCUT2D eigenvalue weighted by Crippen LogP contribution is 2.44. The van der Waals surface area contributed by atoms with Gasteiger partial charge in [0.05, 0.1) is 7.11 Å². The van der Waals surface area contributed by atoms with Crippen LogP contribution in [0.1, 0.15) is 43.2 Å². The quantitative estimate of drug-likeness (QED) is 0.894. The lowest BCUT2D eigenvalue weighted by atomic mass is 9.68. The predicted molar refractivity (Wildman–Crippen MR) is 71.5 cm³/mol. The molecule has 2 nitrogen and oxygen atoms in total. The second-order valence-electron chi connectivity index (χ2n) is 5.32. The van der Waals surface area contributed by atoms with Crippen LogP contribution in [0.4, 0.5) is 4.39 Å². The molecule has 0 aliphatic heterocycles. The Morgan fingerprint density at radius 2 is 1.94 bits per heavy atom. The first-order valence-corrected chi connectivity index (χ1v) is 6.68. The van der Waals surface area contributed by atoms with Crippen molar-refractivity contribution >= 4 is 0 Å². The first-order valence-electron chi connectivity index (χ1n) is 6.68. The molecule has 0 radical (unpaired) electrons. The first-order chi connectivity index (χ1) is 8.64. The standard InChI is InChI=1S/C15H22FNO/c1-11-6-7-12(16)13(14(11)18-2)15(10-17)8-4-3-5-9-15/h6-7H,3-5,8-10,17H2,1-2H3. The summed E-state index contributed by atoms with van der Waals surface area (Å²) in [5.74, 6) is 0.507. The van der Waals surface area contributed by atoms with Gasteiger partial charge in [-0.2, -0.15) is 0 Å². The fourth-order valence-electron chi connectivity index (χ4n) is 3.20. The molecule has 1 aromatic carbocycles. The van der Waals surface area contributed by atoms with Crippen LogP contribution in [0.15, 0.2) is 12.1 Å². The number of aryl methyl sites for hydroxylation is 1. The van der Waals surface area contributed by atoms with E-state index in [2.05, 4.69) is 0 Å². The number of halogens is 1. The number of hydrogen-bond donors (Lipinski definition) is 1. The molecule has 0 unspecified atom stereocenters. The molecule has 100 valence electrons. The molecule has 0 bridgehead atoms. The Labute approximate surface area is 108 Å². The van der Waals surface area contributed by atoms with Crippen molar-refractivity contribution in [2.45, 2.75) is 44.4 Å². The maximum absolute atomic E-state index is 14.3. The van der Waals surface area contributed by atoms with Crippen molar-refractivity contribution < 1.29 is 9.13 Å². The van der Waals surface area contributed by atoms with E-state index in [4.69, 9.17) is 10.5 Å². The van der Waals surface area contributed by atoms with Crippen molar-refractivity contribution in [3.63, 3.8) is 0 Å². The zero-order chi connectivity index (χ0) is 13.2. The van der Waals surface area contributed by atoms with Crippen molar-refractivity contribution in [1.29, 1.82) is 0 Å². The van der Waals surface area contributed by atoms with E-state index in [1.807, 2.05) is 6.92 Å². The van der Waals surface area contributed by atoms with Crippen molar-refractivity contribution in [3.8, 4) is 5.75 Å². The molecule has 0 heterocycles. The van der Waals surface area contributed by atoms with Gasteiger partial charge in [0, 0.05) is 17.5 Å². The van der Waals surface area contributed by atoms with Crippen LogP contribution < -0.4 is 10.5 Å². The highest BCUT2D eigenvalue weighted by Gasteiger charge is 2.37. The fourth-order valence-corrected chi connectivity index (χ4v) is 3.20. The Morgan fingerprint density at radius 1 is 1.28 bits per heavy atom. The molecule has 0 atom stereocenters. The van der Waals surface area contributed by atoms with Crippen LogP contribution >= 0.6 is 0 Å². The number of hydrogen-bond acceptors (Lipinski definition) is 2. The molecule has 1 aliphatic carbocycles. The van der Waals surface area contributed by atoms with Gasteiger partial charge in [-0.05, 0) is 31.4 Å². The van der Waals surface area contributed by atoms with Crippen LogP contribution in [-0.4, -0.2) is 13.7 Å². The average molecular weight is 251 g/mol. The molecule has 0 spiro atoms. The summed E-state index contributed by atoms with van der Waals surface area (Å²) in [7, 11) is 1.61. The minimum Gasteiger partial charge on any atom is -0.496 e. The summed E-state index contributed by atoms with van der Waals surface area (Å²) in [6.45, 7) is 2.44. The second kappa shape index (κ2) is 5.27. The van der Waals surface area contributed by atoms with Gasteiger partial charge in [-0.1, -0.05) is 25.3 Å². The number of nitrogens with two attached hydrogens (primary N) is 1. The van der Waals surface area contributed by atoms with Gasteiger partial charge in [-0.3, -0.25) is 0 Å². The molecule has 1 fully saturated rings. The minimum absolute atomic E-state index is 0.176. The molecule has 0 saturated heterocycles. The van der Waals surface area contributed by atoms with Crippen molar-refractivity contribution in [1.82, 2.24) is 0 Å². The van der Waals surface area contributed by atoms with Crippen molar-refractivity contribution in [2.24, 2.45) is 5.73 Å². The summed E-state index contributed by atoms with van der Waals surface area (Å²) in [6.07, 6.45) is 5.37. The highest BCUT2D eigenvalue weighted by atomic mass is 19.1. The predicted octanol–water partition coefficient (Wildman–Crippen LogP) is 3.30. The van der Waals surface area contributed by atoms with Crippen LogP contribution in [-0.2, 0) is 5.41 Å². The Kier molecular flexibility index (Phi) is 3.91. The highest BCUT2D eigenvalue weighted by molar-refractivity contribution is 5.47. The van der Waals surface area contributed by atoms with Gasteiger partial charge in [0.2, 0.25) is 0 Å².